The molecule has 0 unspecified atom stereocenters. The maximum absolute atomic E-state index is 14.3. The number of para-hydroxylation sites is 1. The molecule has 5 rings (SSSR count). The Morgan fingerprint density at radius 2 is 1.88 bits per heavy atom. The Kier molecular flexibility index (Phi) is 6.04. The molecule has 1 aliphatic rings. The Labute approximate surface area is 194 Å². The van der Waals surface area contributed by atoms with Crippen LogP contribution in [0.15, 0.2) is 83.2 Å². The van der Waals surface area contributed by atoms with Crippen molar-refractivity contribution in [1.82, 2.24) is 4.57 Å². The molecule has 0 bridgehead atoms. The molecule has 0 aliphatic carbocycles. The number of hydrogen-bond donors (Lipinski definition) is 1. The molecule has 33 heavy (non-hydrogen) atoms. The van der Waals surface area contributed by atoms with Crippen LogP contribution in [0.1, 0.15) is 12.0 Å². The predicted molar refractivity (Wildman–Crippen MR) is 128 cm³/mol. The number of halogens is 1. The average molecular weight is 460 g/mol. The molecule has 0 spiro atoms. The van der Waals surface area contributed by atoms with Crippen molar-refractivity contribution < 1.29 is 13.9 Å². The third-order valence-electron chi connectivity index (χ3n) is 5.46. The fourth-order valence-corrected chi connectivity index (χ4v) is 4.79. The number of aryl methyl sites for hydroxylation is 1. The van der Waals surface area contributed by atoms with E-state index in [1.165, 1.54) is 23.0 Å². The van der Waals surface area contributed by atoms with Gasteiger partial charge in [-0.05, 0) is 48.7 Å². The van der Waals surface area contributed by atoms with Gasteiger partial charge >= 0.3 is 0 Å². The van der Waals surface area contributed by atoms with Gasteiger partial charge in [-0.3, -0.25) is 4.79 Å². The number of carbonyl (C=O) groups excluding carboxylic acids is 1. The number of thiazole rings is 1. The van der Waals surface area contributed by atoms with Crippen LogP contribution in [-0.2, 0) is 17.8 Å². The Bertz CT molecular complexity index is 1360. The zero-order valence-corrected chi connectivity index (χ0v) is 18.6. The Morgan fingerprint density at radius 1 is 1.06 bits per heavy atom. The smallest absolute Gasteiger partial charge is 0.262 e. The summed E-state index contributed by atoms with van der Waals surface area (Å²) < 4.78 is 21.9. The monoisotopic (exact) mass is 459 g/mol. The van der Waals surface area contributed by atoms with Gasteiger partial charge < -0.3 is 14.6 Å². The maximum Gasteiger partial charge on any atom is 0.262 e. The van der Waals surface area contributed by atoms with E-state index in [9.17, 15) is 9.18 Å². The highest BCUT2D eigenvalue weighted by Gasteiger charge is 2.18. The third-order valence-corrected chi connectivity index (χ3v) is 6.33. The van der Waals surface area contributed by atoms with Crippen LogP contribution in [0.3, 0.4) is 0 Å². The normalized spacial score (nSPS) is 13.4. The van der Waals surface area contributed by atoms with E-state index in [2.05, 4.69) is 27.0 Å². The Hall–Kier alpha value is -3.71. The second-order valence-corrected chi connectivity index (χ2v) is 8.59. The first-order chi connectivity index (χ1) is 16.2. The summed E-state index contributed by atoms with van der Waals surface area (Å²) in [7, 11) is 0. The molecular formula is C26H22FN3O2S. The van der Waals surface area contributed by atoms with Gasteiger partial charge in [0.2, 0.25) is 0 Å². The van der Waals surface area contributed by atoms with Crippen LogP contribution in [0.25, 0.3) is 11.3 Å². The SMILES string of the molecule is O=C1COc2ccc(-c3csc(=Nc4ccccc4F)n3CCCc3ccccc3)cc2N1. The van der Waals surface area contributed by atoms with E-state index in [4.69, 9.17) is 4.74 Å². The van der Waals surface area contributed by atoms with Gasteiger partial charge in [0.05, 0.1) is 11.4 Å². The maximum atomic E-state index is 14.3. The molecule has 7 heteroatoms. The minimum Gasteiger partial charge on any atom is -0.482 e. The number of benzene rings is 3. The average Bonchev–Trinajstić information content (AvgIpc) is 3.23. The number of amides is 1. The molecule has 2 heterocycles. The van der Waals surface area contributed by atoms with E-state index in [0.717, 1.165) is 35.4 Å². The predicted octanol–water partition coefficient (Wildman–Crippen LogP) is 5.55. The van der Waals surface area contributed by atoms with Crippen LogP contribution in [-0.4, -0.2) is 17.1 Å². The lowest BCUT2D eigenvalue weighted by Crippen LogP contribution is -2.25. The van der Waals surface area contributed by atoms with Gasteiger partial charge in [-0.25, -0.2) is 9.38 Å². The second-order valence-electron chi connectivity index (χ2n) is 7.76. The largest absolute Gasteiger partial charge is 0.482 e. The van der Waals surface area contributed by atoms with E-state index in [1.807, 2.05) is 41.8 Å². The summed E-state index contributed by atoms with van der Waals surface area (Å²) in [5.74, 6) is 0.133. The van der Waals surface area contributed by atoms with Gasteiger partial charge in [0.1, 0.15) is 17.3 Å². The summed E-state index contributed by atoms with van der Waals surface area (Å²) in [6.45, 7) is 0.747. The van der Waals surface area contributed by atoms with Crippen molar-refractivity contribution in [3.63, 3.8) is 0 Å². The topological polar surface area (TPSA) is 55.6 Å². The summed E-state index contributed by atoms with van der Waals surface area (Å²) in [5, 5.41) is 4.89. The molecule has 1 aromatic heterocycles. The van der Waals surface area contributed by atoms with Gasteiger partial charge in [-0.1, -0.05) is 42.5 Å². The zero-order valence-electron chi connectivity index (χ0n) is 17.8. The van der Waals surface area contributed by atoms with Crippen molar-refractivity contribution in [2.75, 3.05) is 11.9 Å². The van der Waals surface area contributed by atoms with Crippen LogP contribution in [0.5, 0.6) is 5.75 Å². The van der Waals surface area contributed by atoms with Crippen molar-refractivity contribution in [1.29, 1.82) is 0 Å². The van der Waals surface area contributed by atoms with Crippen LogP contribution in [0.4, 0.5) is 15.8 Å². The molecular weight excluding hydrogens is 437 g/mol. The van der Waals surface area contributed by atoms with Gasteiger partial charge in [0.25, 0.3) is 5.91 Å². The summed E-state index contributed by atoms with van der Waals surface area (Å²) >= 11 is 1.47. The van der Waals surface area contributed by atoms with E-state index in [0.29, 0.717) is 17.1 Å². The minimum atomic E-state index is -0.350. The number of nitrogens with one attached hydrogen (secondary N) is 1. The number of rotatable bonds is 6. The van der Waals surface area contributed by atoms with E-state index in [1.54, 1.807) is 18.2 Å². The molecule has 1 aliphatic heterocycles. The molecule has 0 atom stereocenters. The van der Waals surface area contributed by atoms with Gasteiger partial charge in [0.15, 0.2) is 11.4 Å². The summed E-state index contributed by atoms with van der Waals surface area (Å²) in [5.41, 5.74) is 4.14. The van der Waals surface area contributed by atoms with Gasteiger partial charge in [-0.15, -0.1) is 11.3 Å². The molecule has 4 aromatic rings. The summed E-state index contributed by atoms with van der Waals surface area (Å²) in [4.78, 5) is 17.1. The van der Waals surface area contributed by atoms with Crippen molar-refractivity contribution in [3.05, 3.63) is 94.4 Å². The fourth-order valence-electron chi connectivity index (χ4n) is 3.84. The Balaban J connectivity index is 1.52. The van der Waals surface area contributed by atoms with Gasteiger partial charge in [-0.2, -0.15) is 0 Å². The van der Waals surface area contributed by atoms with Crippen molar-refractivity contribution in [2.45, 2.75) is 19.4 Å². The first-order valence-corrected chi connectivity index (χ1v) is 11.6. The molecule has 3 aromatic carbocycles. The van der Waals surface area contributed by atoms with Crippen LogP contribution in [0, 0.1) is 5.82 Å². The standard InChI is InChI=1S/C26H22FN3O2S/c27-20-10-4-5-11-21(20)29-26-30(14-6-9-18-7-2-1-3-8-18)23(17-33-26)19-12-13-24-22(15-19)28-25(31)16-32-24/h1-5,7-8,10-13,15,17H,6,9,14,16H2,(H,28,31). The summed E-state index contributed by atoms with van der Waals surface area (Å²) in [6, 6.07) is 22.6. The molecule has 5 nitrogen and oxygen atoms in total. The third kappa shape index (κ3) is 4.73. The first-order valence-electron chi connectivity index (χ1n) is 10.8. The van der Waals surface area contributed by atoms with Crippen molar-refractivity contribution >= 4 is 28.6 Å². The molecule has 0 radical (unpaired) electrons. The first kappa shape index (κ1) is 21.2. The number of hydrogen-bond acceptors (Lipinski definition) is 4. The molecule has 0 saturated heterocycles. The number of carbonyl (C=O) groups is 1. The lowest BCUT2D eigenvalue weighted by molar-refractivity contribution is -0.118. The van der Waals surface area contributed by atoms with Crippen LogP contribution in [0.2, 0.25) is 0 Å². The highest BCUT2D eigenvalue weighted by molar-refractivity contribution is 7.07. The second kappa shape index (κ2) is 9.42. The molecule has 0 saturated carbocycles. The lowest BCUT2D eigenvalue weighted by Gasteiger charge is -2.19. The van der Waals surface area contributed by atoms with E-state index >= 15 is 0 Å². The van der Waals surface area contributed by atoms with Crippen LogP contribution < -0.4 is 14.9 Å². The molecule has 166 valence electrons. The lowest BCUT2D eigenvalue weighted by atomic mass is 10.1. The van der Waals surface area contributed by atoms with Crippen LogP contribution >= 0.6 is 11.3 Å². The highest BCUT2D eigenvalue weighted by atomic mass is 32.1. The number of nitrogens with zero attached hydrogens (tertiary/aromatic N) is 2. The number of ether oxygens (including phenoxy) is 1. The molecule has 1 amide bonds. The highest BCUT2D eigenvalue weighted by Crippen LogP contribution is 2.33. The Morgan fingerprint density at radius 3 is 2.73 bits per heavy atom. The van der Waals surface area contributed by atoms with Crippen molar-refractivity contribution in [2.24, 2.45) is 4.99 Å². The summed E-state index contributed by atoms with van der Waals surface area (Å²) in [6.07, 6.45) is 1.83. The van der Waals surface area contributed by atoms with E-state index in [-0.39, 0.29) is 18.3 Å². The number of anilines is 1. The number of fused-ring (bicyclic) bond motifs is 1. The minimum absolute atomic E-state index is 0.0238. The zero-order chi connectivity index (χ0) is 22.6. The quantitative estimate of drug-likeness (QED) is 0.411. The molecule has 1 N–H and O–H groups in total. The fraction of sp³-hybridized carbons (Fsp3) is 0.154. The van der Waals surface area contributed by atoms with Crippen molar-refractivity contribution in [3.8, 4) is 17.0 Å². The molecule has 0 fully saturated rings. The van der Waals surface area contributed by atoms with E-state index < -0.39 is 0 Å². The van der Waals surface area contributed by atoms with Gasteiger partial charge in [0, 0.05) is 17.5 Å². The number of aromatic nitrogens is 1.